The summed E-state index contributed by atoms with van der Waals surface area (Å²) in [5.74, 6) is 0.872. The number of ether oxygens (including phenoxy) is 1. The van der Waals surface area contributed by atoms with E-state index in [9.17, 15) is 4.79 Å². The van der Waals surface area contributed by atoms with Crippen LogP contribution in [0.3, 0.4) is 0 Å². The van der Waals surface area contributed by atoms with E-state index in [1.165, 1.54) is 12.1 Å². The quantitative estimate of drug-likeness (QED) is 0.926. The molecule has 0 unspecified atom stereocenters. The van der Waals surface area contributed by atoms with Crippen LogP contribution < -0.4 is 15.0 Å². The van der Waals surface area contributed by atoms with Crippen LogP contribution in [0.15, 0.2) is 24.3 Å². The minimum Gasteiger partial charge on any atom is -0.497 e. The van der Waals surface area contributed by atoms with Gasteiger partial charge in [-0.05, 0) is 43.5 Å². The lowest BCUT2D eigenvalue weighted by molar-refractivity contribution is 0.183. The van der Waals surface area contributed by atoms with E-state index < -0.39 is 0 Å². The summed E-state index contributed by atoms with van der Waals surface area (Å²) in [6, 6.07) is 8.62. The van der Waals surface area contributed by atoms with Gasteiger partial charge in [0.05, 0.1) is 7.11 Å². The number of carbonyl (C=O) groups excluding carboxylic acids is 1. The molecule has 0 radical (unpaired) electrons. The summed E-state index contributed by atoms with van der Waals surface area (Å²) in [6.45, 7) is 3.32. The number of benzene rings is 1. The van der Waals surface area contributed by atoms with E-state index in [2.05, 4.69) is 22.3 Å². The first kappa shape index (κ1) is 14.0. The third kappa shape index (κ3) is 3.23. The van der Waals surface area contributed by atoms with Crippen LogP contribution in [0.5, 0.6) is 5.75 Å². The second kappa shape index (κ2) is 6.24. The summed E-state index contributed by atoms with van der Waals surface area (Å²) in [5, 5.41) is 3.11. The molecule has 5 heteroatoms. The molecular weight excluding hydrogens is 266 g/mol. The maximum Gasteiger partial charge on any atom is 0.317 e. The number of carbonyl (C=O) groups is 1. The van der Waals surface area contributed by atoms with Crippen molar-refractivity contribution in [3.05, 3.63) is 24.3 Å². The maximum atomic E-state index is 12.1. The van der Waals surface area contributed by atoms with E-state index >= 15 is 0 Å². The van der Waals surface area contributed by atoms with Gasteiger partial charge in [0.2, 0.25) is 0 Å². The summed E-state index contributed by atoms with van der Waals surface area (Å²) >= 11 is 0. The monoisotopic (exact) mass is 289 g/mol. The van der Waals surface area contributed by atoms with E-state index in [0.717, 1.165) is 44.8 Å². The zero-order chi connectivity index (χ0) is 14.7. The fourth-order valence-corrected chi connectivity index (χ4v) is 2.78. The Bertz CT molecular complexity index is 477. The number of hydrogen-bond acceptors (Lipinski definition) is 3. The van der Waals surface area contributed by atoms with Crippen LogP contribution in [-0.2, 0) is 0 Å². The number of anilines is 1. The van der Waals surface area contributed by atoms with Gasteiger partial charge in [-0.15, -0.1) is 0 Å². The van der Waals surface area contributed by atoms with Crippen LogP contribution in [-0.4, -0.2) is 50.3 Å². The SMILES string of the molecule is COc1ccc(N2CCN(C(=O)NC3CCC3)CC2)cc1. The van der Waals surface area contributed by atoms with Crippen molar-refractivity contribution >= 4 is 11.7 Å². The van der Waals surface area contributed by atoms with Gasteiger partial charge in [0.15, 0.2) is 0 Å². The van der Waals surface area contributed by atoms with Gasteiger partial charge in [-0.25, -0.2) is 4.79 Å². The molecule has 3 rings (SSSR count). The molecule has 114 valence electrons. The lowest BCUT2D eigenvalue weighted by atomic mass is 9.93. The lowest BCUT2D eigenvalue weighted by Gasteiger charge is -2.37. The third-order valence-electron chi connectivity index (χ3n) is 4.44. The molecule has 1 N–H and O–H groups in total. The number of hydrogen-bond donors (Lipinski definition) is 1. The normalized spacial score (nSPS) is 19.1. The van der Waals surface area contributed by atoms with Crippen LogP contribution in [0, 0.1) is 0 Å². The molecule has 1 aromatic carbocycles. The molecule has 21 heavy (non-hydrogen) atoms. The molecule has 0 atom stereocenters. The first-order valence-corrected chi connectivity index (χ1v) is 7.71. The maximum absolute atomic E-state index is 12.1. The lowest BCUT2D eigenvalue weighted by Crippen LogP contribution is -2.54. The second-order valence-corrected chi connectivity index (χ2v) is 5.75. The molecule has 5 nitrogen and oxygen atoms in total. The average Bonchev–Trinajstić information content (AvgIpc) is 2.51. The topological polar surface area (TPSA) is 44.8 Å². The zero-order valence-corrected chi connectivity index (χ0v) is 12.5. The Morgan fingerprint density at radius 3 is 2.33 bits per heavy atom. The number of nitrogens with zero attached hydrogens (tertiary/aromatic N) is 2. The number of methoxy groups -OCH3 is 1. The number of amides is 2. The fourth-order valence-electron chi connectivity index (χ4n) is 2.78. The van der Waals surface area contributed by atoms with Crippen molar-refractivity contribution in [2.45, 2.75) is 25.3 Å². The molecule has 1 saturated carbocycles. The van der Waals surface area contributed by atoms with Crippen LogP contribution in [0.25, 0.3) is 0 Å². The highest BCUT2D eigenvalue weighted by molar-refractivity contribution is 5.75. The first-order valence-electron chi connectivity index (χ1n) is 7.71. The molecule has 1 saturated heterocycles. The standard InChI is InChI=1S/C16H23N3O2/c1-21-15-7-5-14(6-8-15)18-9-11-19(12-10-18)16(20)17-13-3-2-4-13/h5-8,13H,2-4,9-12H2,1H3,(H,17,20). The van der Waals surface area contributed by atoms with Gasteiger partial charge in [0.1, 0.15) is 5.75 Å². The average molecular weight is 289 g/mol. The van der Waals surface area contributed by atoms with Gasteiger partial charge in [-0.1, -0.05) is 0 Å². The van der Waals surface area contributed by atoms with Crippen molar-refractivity contribution in [2.75, 3.05) is 38.2 Å². The van der Waals surface area contributed by atoms with Crippen molar-refractivity contribution in [1.82, 2.24) is 10.2 Å². The van der Waals surface area contributed by atoms with E-state index in [0.29, 0.717) is 6.04 Å². The van der Waals surface area contributed by atoms with E-state index in [1.54, 1.807) is 7.11 Å². The van der Waals surface area contributed by atoms with E-state index in [1.807, 2.05) is 17.0 Å². The number of piperazine rings is 1. The van der Waals surface area contributed by atoms with Crippen LogP contribution in [0.2, 0.25) is 0 Å². The van der Waals surface area contributed by atoms with Crippen LogP contribution in [0.1, 0.15) is 19.3 Å². The van der Waals surface area contributed by atoms with Gasteiger partial charge in [-0.3, -0.25) is 0 Å². The Labute approximate surface area is 125 Å². The molecule has 2 fully saturated rings. The Morgan fingerprint density at radius 2 is 1.81 bits per heavy atom. The molecule has 0 aromatic heterocycles. The number of rotatable bonds is 3. The summed E-state index contributed by atoms with van der Waals surface area (Å²) in [4.78, 5) is 16.3. The van der Waals surface area contributed by atoms with Gasteiger partial charge in [0, 0.05) is 37.9 Å². The van der Waals surface area contributed by atoms with Crippen LogP contribution >= 0.6 is 0 Å². The Morgan fingerprint density at radius 1 is 1.14 bits per heavy atom. The minimum atomic E-state index is 0.106. The van der Waals surface area contributed by atoms with Crippen molar-refractivity contribution in [1.29, 1.82) is 0 Å². The van der Waals surface area contributed by atoms with Crippen molar-refractivity contribution < 1.29 is 9.53 Å². The van der Waals surface area contributed by atoms with E-state index in [4.69, 9.17) is 4.74 Å². The van der Waals surface area contributed by atoms with Crippen LogP contribution in [0.4, 0.5) is 10.5 Å². The van der Waals surface area contributed by atoms with Gasteiger partial charge in [0.25, 0.3) is 0 Å². The molecule has 2 amide bonds. The fraction of sp³-hybridized carbons (Fsp3) is 0.562. The van der Waals surface area contributed by atoms with Crippen molar-refractivity contribution in [3.8, 4) is 5.75 Å². The minimum absolute atomic E-state index is 0.106. The summed E-state index contributed by atoms with van der Waals surface area (Å²) < 4.78 is 5.18. The van der Waals surface area contributed by atoms with Gasteiger partial charge < -0.3 is 19.9 Å². The smallest absolute Gasteiger partial charge is 0.317 e. The van der Waals surface area contributed by atoms with Gasteiger partial charge in [-0.2, -0.15) is 0 Å². The molecule has 0 spiro atoms. The number of nitrogens with one attached hydrogen (secondary N) is 1. The second-order valence-electron chi connectivity index (χ2n) is 5.75. The summed E-state index contributed by atoms with van der Waals surface area (Å²) in [5.41, 5.74) is 1.19. The molecule has 1 heterocycles. The van der Waals surface area contributed by atoms with Crippen molar-refractivity contribution in [3.63, 3.8) is 0 Å². The molecular formula is C16H23N3O2. The Kier molecular flexibility index (Phi) is 4.18. The highest BCUT2D eigenvalue weighted by Gasteiger charge is 2.25. The van der Waals surface area contributed by atoms with Crippen molar-refractivity contribution in [2.24, 2.45) is 0 Å². The Hall–Kier alpha value is -1.91. The largest absolute Gasteiger partial charge is 0.497 e. The van der Waals surface area contributed by atoms with Gasteiger partial charge >= 0.3 is 6.03 Å². The summed E-state index contributed by atoms with van der Waals surface area (Å²) in [6.07, 6.45) is 3.52. The molecule has 0 bridgehead atoms. The highest BCUT2D eigenvalue weighted by atomic mass is 16.5. The molecule has 1 aliphatic carbocycles. The predicted molar refractivity (Wildman–Crippen MR) is 83.0 cm³/mol. The number of urea groups is 1. The predicted octanol–water partition coefficient (Wildman–Crippen LogP) is 2.08. The summed E-state index contributed by atoms with van der Waals surface area (Å²) in [7, 11) is 1.68. The third-order valence-corrected chi connectivity index (χ3v) is 4.44. The first-order chi connectivity index (χ1) is 10.3. The Balaban J connectivity index is 1.50. The van der Waals surface area contributed by atoms with E-state index in [-0.39, 0.29) is 6.03 Å². The molecule has 1 aromatic rings. The molecule has 1 aliphatic heterocycles. The zero-order valence-electron chi connectivity index (χ0n) is 12.5. The molecule has 2 aliphatic rings. The highest BCUT2D eigenvalue weighted by Crippen LogP contribution is 2.21.